The molecular formula is C15H21F7O3. The van der Waals surface area contributed by atoms with Gasteiger partial charge < -0.3 is 9.47 Å². The van der Waals surface area contributed by atoms with Gasteiger partial charge in [-0.05, 0) is 13.8 Å². The van der Waals surface area contributed by atoms with Gasteiger partial charge in [-0.25, -0.2) is 22.4 Å². The maximum Gasteiger partial charge on any atom is 0.389 e. The summed E-state index contributed by atoms with van der Waals surface area (Å²) in [4.78, 5) is 11.0. The van der Waals surface area contributed by atoms with Crippen molar-refractivity contribution in [2.75, 3.05) is 6.61 Å². The number of ether oxygens (including phenoxy) is 2. The van der Waals surface area contributed by atoms with Crippen LogP contribution in [0.25, 0.3) is 0 Å². The molecule has 0 amide bonds. The molecule has 0 spiro atoms. The summed E-state index contributed by atoms with van der Waals surface area (Å²) in [6.07, 6.45) is -12.9. The lowest BCUT2D eigenvalue weighted by atomic mass is 10.0. The normalized spacial score (nSPS) is 14.5. The topological polar surface area (TPSA) is 35.5 Å². The van der Waals surface area contributed by atoms with Crippen molar-refractivity contribution in [1.29, 1.82) is 0 Å². The molecule has 0 aliphatic heterocycles. The lowest BCUT2D eigenvalue weighted by Crippen LogP contribution is -2.36. The lowest BCUT2D eigenvalue weighted by molar-refractivity contribution is -0.175. The molecule has 0 N–H and O–H groups in total. The number of alkyl halides is 7. The molecule has 0 aliphatic rings. The van der Waals surface area contributed by atoms with E-state index in [4.69, 9.17) is 4.74 Å². The van der Waals surface area contributed by atoms with Crippen LogP contribution in [0.5, 0.6) is 0 Å². The van der Waals surface area contributed by atoms with Gasteiger partial charge in [0.05, 0.1) is 18.6 Å². The summed E-state index contributed by atoms with van der Waals surface area (Å²) >= 11 is 0. The third kappa shape index (κ3) is 12.7. The van der Waals surface area contributed by atoms with E-state index in [0.29, 0.717) is 0 Å². The summed E-state index contributed by atoms with van der Waals surface area (Å²) in [5, 5.41) is 0. The van der Waals surface area contributed by atoms with Gasteiger partial charge in [-0.2, -0.15) is 13.2 Å². The molecule has 0 fully saturated rings. The molecule has 0 aliphatic carbocycles. The first-order valence-electron chi connectivity index (χ1n) is 7.43. The van der Waals surface area contributed by atoms with Crippen molar-refractivity contribution in [3.63, 3.8) is 0 Å². The molecule has 0 rings (SSSR count). The van der Waals surface area contributed by atoms with Gasteiger partial charge in [-0.15, -0.1) is 0 Å². The van der Waals surface area contributed by atoms with E-state index in [2.05, 4.69) is 11.3 Å². The molecule has 1 atom stereocenters. The molecule has 148 valence electrons. The lowest BCUT2D eigenvalue weighted by Gasteiger charge is -2.28. The molecule has 25 heavy (non-hydrogen) atoms. The minimum absolute atomic E-state index is 0.561. The first-order valence-corrected chi connectivity index (χ1v) is 7.43. The van der Waals surface area contributed by atoms with Gasteiger partial charge in [0.1, 0.15) is 6.61 Å². The van der Waals surface area contributed by atoms with Gasteiger partial charge >= 0.3 is 12.1 Å². The second kappa shape index (κ2) is 9.40. The molecule has 0 aromatic carbocycles. The fraction of sp³-hybridized carbons (Fsp3) is 0.800. The molecule has 0 aromatic heterocycles. The van der Waals surface area contributed by atoms with Crippen molar-refractivity contribution in [2.24, 2.45) is 0 Å². The monoisotopic (exact) mass is 382 g/mol. The predicted octanol–water partition coefficient (Wildman–Crippen LogP) is 4.90. The van der Waals surface area contributed by atoms with Crippen LogP contribution in [0.2, 0.25) is 0 Å². The van der Waals surface area contributed by atoms with Gasteiger partial charge in [0, 0.05) is 25.3 Å². The molecule has 3 nitrogen and oxygen atoms in total. The van der Waals surface area contributed by atoms with Crippen molar-refractivity contribution >= 4 is 5.97 Å². The Labute approximate surface area is 141 Å². The van der Waals surface area contributed by atoms with E-state index in [0.717, 1.165) is 6.08 Å². The molecule has 0 saturated carbocycles. The summed E-state index contributed by atoms with van der Waals surface area (Å²) in [7, 11) is 0. The molecule has 0 saturated heterocycles. The van der Waals surface area contributed by atoms with Crippen molar-refractivity contribution < 1.29 is 45.0 Å². The Morgan fingerprint density at radius 2 is 1.60 bits per heavy atom. The maximum absolute atomic E-state index is 13.8. The van der Waals surface area contributed by atoms with Crippen LogP contribution < -0.4 is 0 Å². The number of hydrogen-bond donors (Lipinski definition) is 0. The number of carbonyl (C=O) groups is 1. The van der Waals surface area contributed by atoms with Crippen LogP contribution in [0, 0.1) is 0 Å². The number of rotatable bonds is 11. The Bertz CT molecular complexity index is 433. The number of hydrogen-bond acceptors (Lipinski definition) is 3. The van der Waals surface area contributed by atoms with Gasteiger partial charge in [0.25, 0.3) is 11.8 Å². The summed E-state index contributed by atoms with van der Waals surface area (Å²) in [6.45, 7) is 5.49. The fourth-order valence-electron chi connectivity index (χ4n) is 1.96. The van der Waals surface area contributed by atoms with Crippen molar-refractivity contribution in [3.05, 3.63) is 12.7 Å². The quantitative estimate of drug-likeness (QED) is 0.290. The Hall–Kier alpha value is -1.32. The summed E-state index contributed by atoms with van der Waals surface area (Å²) in [5.41, 5.74) is 0. The molecular weight excluding hydrogens is 361 g/mol. The zero-order chi connectivity index (χ0) is 19.9. The van der Waals surface area contributed by atoms with Crippen LogP contribution in [-0.2, 0) is 14.3 Å². The van der Waals surface area contributed by atoms with Crippen LogP contribution in [0.4, 0.5) is 30.7 Å². The Morgan fingerprint density at radius 1 is 1.04 bits per heavy atom. The summed E-state index contributed by atoms with van der Waals surface area (Å²) in [6, 6.07) is 0. The van der Waals surface area contributed by atoms with Crippen molar-refractivity contribution in [1.82, 2.24) is 0 Å². The standard InChI is InChI=1S/C15H21F7O3/c1-4-12(23)24-8-11(25-10(2)3)7-14(18,19)9-13(16,17)5-6-15(20,21)22/h4,10-11H,1,5-9H2,2-3H3. The van der Waals surface area contributed by atoms with E-state index >= 15 is 0 Å². The first-order chi connectivity index (χ1) is 11.2. The Morgan fingerprint density at radius 3 is 2.04 bits per heavy atom. The number of carbonyl (C=O) groups excluding carboxylic acids is 1. The zero-order valence-corrected chi connectivity index (χ0v) is 13.8. The highest BCUT2D eigenvalue weighted by atomic mass is 19.4. The highest BCUT2D eigenvalue weighted by Crippen LogP contribution is 2.39. The second-order valence-corrected chi connectivity index (χ2v) is 5.85. The van der Waals surface area contributed by atoms with E-state index in [1.54, 1.807) is 0 Å². The SMILES string of the molecule is C=CC(=O)OCC(CC(F)(F)CC(F)(F)CCC(F)(F)F)OC(C)C. The minimum atomic E-state index is -4.86. The summed E-state index contributed by atoms with van der Waals surface area (Å²) < 4.78 is 100. The molecule has 0 bridgehead atoms. The fourth-order valence-corrected chi connectivity index (χ4v) is 1.96. The second-order valence-electron chi connectivity index (χ2n) is 5.85. The van der Waals surface area contributed by atoms with E-state index in [1.165, 1.54) is 13.8 Å². The van der Waals surface area contributed by atoms with E-state index in [9.17, 15) is 35.5 Å². The van der Waals surface area contributed by atoms with E-state index in [1.807, 2.05) is 0 Å². The predicted molar refractivity (Wildman–Crippen MR) is 75.6 cm³/mol. The number of esters is 1. The molecule has 1 unspecified atom stereocenters. The maximum atomic E-state index is 13.8. The molecule has 0 aromatic rings. The molecule has 10 heteroatoms. The third-order valence-corrected chi connectivity index (χ3v) is 2.86. The Kier molecular flexibility index (Phi) is 8.90. The smallest absolute Gasteiger partial charge is 0.389 e. The first kappa shape index (κ1) is 23.7. The van der Waals surface area contributed by atoms with E-state index < -0.39 is 68.5 Å². The third-order valence-electron chi connectivity index (χ3n) is 2.86. The zero-order valence-electron chi connectivity index (χ0n) is 13.8. The Balaban J connectivity index is 4.81. The van der Waals surface area contributed by atoms with Crippen LogP contribution in [0.1, 0.15) is 39.5 Å². The van der Waals surface area contributed by atoms with Crippen molar-refractivity contribution in [3.8, 4) is 0 Å². The van der Waals surface area contributed by atoms with Gasteiger partial charge in [0.2, 0.25) is 0 Å². The van der Waals surface area contributed by atoms with Crippen molar-refractivity contribution in [2.45, 2.75) is 69.8 Å². The van der Waals surface area contributed by atoms with Crippen LogP contribution in [-0.4, -0.2) is 42.8 Å². The van der Waals surface area contributed by atoms with Gasteiger partial charge in [-0.1, -0.05) is 6.58 Å². The minimum Gasteiger partial charge on any atom is -0.460 e. The van der Waals surface area contributed by atoms with Gasteiger partial charge in [0.15, 0.2) is 0 Å². The van der Waals surface area contributed by atoms with Crippen LogP contribution in [0.15, 0.2) is 12.7 Å². The highest BCUT2D eigenvalue weighted by molar-refractivity contribution is 5.81. The average molecular weight is 382 g/mol. The molecule has 0 heterocycles. The average Bonchev–Trinajstić information content (AvgIpc) is 2.39. The van der Waals surface area contributed by atoms with Crippen LogP contribution in [0.3, 0.4) is 0 Å². The highest BCUT2D eigenvalue weighted by Gasteiger charge is 2.46. The largest absolute Gasteiger partial charge is 0.460 e. The van der Waals surface area contributed by atoms with Gasteiger partial charge in [-0.3, -0.25) is 0 Å². The van der Waals surface area contributed by atoms with Crippen LogP contribution >= 0.6 is 0 Å². The number of halogens is 7. The summed E-state index contributed by atoms with van der Waals surface area (Å²) in [5.74, 6) is -9.11. The van der Waals surface area contributed by atoms with E-state index in [-0.39, 0.29) is 0 Å². The molecule has 0 radical (unpaired) electrons.